The second-order valence-electron chi connectivity index (χ2n) is 4.47. The maximum atomic E-state index is 10.9. The van der Waals surface area contributed by atoms with E-state index in [1.165, 1.54) is 11.1 Å². The first-order chi connectivity index (χ1) is 8.70. The number of benzene rings is 1. The van der Waals surface area contributed by atoms with Crippen molar-refractivity contribution < 1.29 is 14.3 Å². The fourth-order valence-electron chi connectivity index (χ4n) is 2.19. The summed E-state index contributed by atoms with van der Waals surface area (Å²) in [4.78, 5) is 10.9. The Balaban J connectivity index is 2.13. The summed E-state index contributed by atoms with van der Waals surface area (Å²) in [7, 11) is 0. The molecule has 0 saturated heterocycles. The van der Waals surface area contributed by atoms with Crippen LogP contribution in [0.2, 0.25) is 0 Å². The van der Waals surface area contributed by atoms with Gasteiger partial charge in [0.25, 0.3) is 0 Å². The Kier molecular flexibility index (Phi) is 4.53. The topological polar surface area (TPSA) is 35.5 Å². The van der Waals surface area contributed by atoms with Crippen molar-refractivity contribution in [2.75, 3.05) is 6.79 Å². The molecule has 98 valence electrons. The molecular formula is C14H18O3S. The Morgan fingerprint density at radius 3 is 2.39 bits per heavy atom. The van der Waals surface area contributed by atoms with Gasteiger partial charge in [-0.05, 0) is 42.5 Å². The Morgan fingerprint density at radius 1 is 1.22 bits per heavy atom. The highest BCUT2D eigenvalue weighted by molar-refractivity contribution is 7.96. The second kappa shape index (κ2) is 6.14. The van der Waals surface area contributed by atoms with Crippen LogP contribution in [0.5, 0.6) is 11.5 Å². The molecule has 0 radical (unpaired) electrons. The highest BCUT2D eigenvalue weighted by atomic mass is 32.1. The highest BCUT2D eigenvalue weighted by Gasteiger charge is 2.16. The second-order valence-corrected chi connectivity index (χ2v) is 4.97. The zero-order valence-electron chi connectivity index (χ0n) is 10.6. The molecule has 3 nitrogen and oxygen atoms in total. The van der Waals surface area contributed by atoms with Gasteiger partial charge in [0.1, 0.15) is 0 Å². The third kappa shape index (κ3) is 3.19. The van der Waals surface area contributed by atoms with Crippen LogP contribution in [0.4, 0.5) is 0 Å². The maximum absolute atomic E-state index is 10.9. The molecule has 0 spiro atoms. The fourth-order valence-corrected chi connectivity index (χ4v) is 2.35. The van der Waals surface area contributed by atoms with Crippen molar-refractivity contribution in [3.63, 3.8) is 0 Å². The van der Waals surface area contributed by atoms with Crippen molar-refractivity contribution in [2.45, 2.75) is 39.0 Å². The molecule has 0 atom stereocenters. The van der Waals surface area contributed by atoms with Gasteiger partial charge < -0.3 is 9.47 Å². The first-order valence-electron chi connectivity index (χ1n) is 6.34. The average Bonchev–Trinajstić information content (AvgIpc) is 2.76. The van der Waals surface area contributed by atoms with E-state index >= 15 is 0 Å². The Morgan fingerprint density at radius 2 is 1.83 bits per heavy atom. The van der Waals surface area contributed by atoms with Crippen LogP contribution in [0, 0.1) is 0 Å². The number of carbonyl (C=O) groups excluding carboxylic acids is 1. The lowest BCUT2D eigenvalue weighted by Gasteiger charge is -2.10. The third-order valence-corrected chi connectivity index (χ3v) is 3.27. The van der Waals surface area contributed by atoms with Crippen molar-refractivity contribution in [3.8, 4) is 11.5 Å². The normalized spacial score (nSPS) is 12.8. The van der Waals surface area contributed by atoms with Crippen molar-refractivity contribution in [1.82, 2.24) is 0 Å². The predicted octanol–water partition coefficient (Wildman–Crippen LogP) is 3.15. The van der Waals surface area contributed by atoms with Crippen LogP contribution in [0.25, 0.3) is 0 Å². The zero-order valence-corrected chi connectivity index (χ0v) is 11.5. The Hall–Kier alpha value is -1.16. The summed E-state index contributed by atoms with van der Waals surface area (Å²) in [5, 5.41) is -0.0483. The minimum absolute atomic E-state index is 0.0483. The number of ether oxygens (including phenoxy) is 2. The average molecular weight is 266 g/mol. The van der Waals surface area contributed by atoms with Crippen LogP contribution in [0.3, 0.4) is 0 Å². The van der Waals surface area contributed by atoms with E-state index in [0.717, 1.165) is 37.2 Å². The number of rotatable bonds is 6. The van der Waals surface area contributed by atoms with Gasteiger partial charge in [0, 0.05) is 6.42 Å². The molecule has 0 bridgehead atoms. The van der Waals surface area contributed by atoms with Gasteiger partial charge >= 0.3 is 0 Å². The first-order valence-corrected chi connectivity index (χ1v) is 6.78. The molecule has 0 aromatic heterocycles. The monoisotopic (exact) mass is 266 g/mol. The largest absolute Gasteiger partial charge is 0.454 e. The quantitative estimate of drug-likeness (QED) is 0.803. The van der Waals surface area contributed by atoms with Crippen LogP contribution in [0.15, 0.2) is 12.1 Å². The van der Waals surface area contributed by atoms with Crippen LogP contribution in [-0.4, -0.2) is 11.9 Å². The van der Waals surface area contributed by atoms with Crippen molar-refractivity contribution in [2.24, 2.45) is 0 Å². The molecule has 0 unspecified atom stereocenters. The minimum Gasteiger partial charge on any atom is -0.454 e. The summed E-state index contributed by atoms with van der Waals surface area (Å²) >= 11 is 3.79. The molecule has 1 heterocycles. The number of hydrogen-bond acceptors (Lipinski definition) is 3. The van der Waals surface area contributed by atoms with Gasteiger partial charge in [-0.3, -0.25) is 4.79 Å². The molecule has 0 fully saturated rings. The highest BCUT2D eigenvalue weighted by Crippen LogP contribution is 2.35. The van der Waals surface area contributed by atoms with Gasteiger partial charge in [0.2, 0.25) is 6.79 Å². The van der Waals surface area contributed by atoms with Crippen LogP contribution >= 0.6 is 12.6 Å². The maximum Gasteiger partial charge on any atom is 0.231 e. The SMILES string of the molecule is CCCc1cc2c(cc1CCCC(=O)S)OCO2. The van der Waals surface area contributed by atoms with E-state index in [4.69, 9.17) is 9.47 Å². The zero-order chi connectivity index (χ0) is 13.0. The van der Waals surface area contributed by atoms with E-state index in [9.17, 15) is 4.79 Å². The lowest BCUT2D eigenvalue weighted by atomic mass is 9.98. The van der Waals surface area contributed by atoms with Gasteiger partial charge in [-0.15, -0.1) is 12.6 Å². The molecule has 1 aliphatic heterocycles. The number of carbonyl (C=O) groups is 1. The van der Waals surface area contributed by atoms with E-state index in [0.29, 0.717) is 13.2 Å². The molecule has 0 saturated carbocycles. The molecule has 1 aromatic carbocycles. The van der Waals surface area contributed by atoms with Gasteiger partial charge in [-0.2, -0.15) is 0 Å². The fraction of sp³-hybridized carbons (Fsp3) is 0.500. The summed E-state index contributed by atoms with van der Waals surface area (Å²) in [6.07, 6.45) is 4.36. The van der Waals surface area contributed by atoms with Gasteiger partial charge in [-0.1, -0.05) is 13.3 Å². The summed E-state index contributed by atoms with van der Waals surface area (Å²) in [6.45, 7) is 2.46. The first kappa shape index (κ1) is 13.3. The lowest BCUT2D eigenvalue weighted by molar-refractivity contribution is -0.110. The Bertz CT molecular complexity index is 443. The predicted molar refractivity (Wildman–Crippen MR) is 73.5 cm³/mol. The third-order valence-electron chi connectivity index (χ3n) is 3.05. The summed E-state index contributed by atoms with van der Waals surface area (Å²) in [5.41, 5.74) is 2.56. The van der Waals surface area contributed by atoms with E-state index in [-0.39, 0.29) is 5.12 Å². The molecule has 2 rings (SSSR count). The number of fused-ring (bicyclic) bond motifs is 1. The van der Waals surface area contributed by atoms with E-state index in [1.807, 2.05) is 0 Å². The summed E-state index contributed by atoms with van der Waals surface area (Å²) in [5.74, 6) is 1.66. The van der Waals surface area contributed by atoms with Crippen LogP contribution in [0.1, 0.15) is 37.3 Å². The minimum atomic E-state index is -0.0483. The van der Waals surface area contributed by atoms with Crippen molar-refractivity contribution >= 4 is 17.7 Å². The molecule has 0 N–H and O–H groups in total. The van der Waals surface area contributed by atoms with Gasteiger partial charge in [0.15, 0.2) is 16.6 Å². The molecule has 1 aromatic rings. The number of thiol groups is 1. The van der Waals surface area contributed by atoms with E-state index in [1.54, 1.807) is 0 Å². The van der Waals surface area contributed by atoms with Crippen molar-refractivity contribution in [1.29, 1.82) is 0 Å². The van der Waals surface area contributed by atoms with E-state index < -0.39 is 0 Å². The lowest BCUT2D eigenvalue weighted by Crippen LogP contribution is -1.97. The van der Waals surface area contributed by atoms with Gasteiger partial charge in [-0.25, -0.2) is 0 Å². The molecular weight excluding hydrogens is 248 g/mol. The number of hydrogen-bond donors (Lipinski definition) is 1. The number of aryl methyl sites for hydroxylation is 2. The summed E-state index contributed by atoms with van der Waals surface area (Å²) in [6, 6.07) is 4.13. The molecule has 4 heteroatoms. The molecule has 18 heavy (non-hydrogen) atoms. The van der Waals surface area contributed by atoms with Crippen molar-refractivity contribution in [3.05, 3.63) is 23.3 Å². The molecule has 0 amide bonds. The molecule has 1 aliphatic rings. The van der Waals surface area contributed by atoms with Crippen LogP contribution < -0.4 is 9.47 Å². The Labute approximate surface area is 113 Å². The molecule has 0 aliphatic carbocycles. The van der Waals surface area contributed by atoms with Crippen LogP contribution in [-0.2, 0) is 17.6 Å². The smallest absolute Gasteiger partial charge is 0.231 e. The standard InChI is InChI=1S/C14H18O3S/c1-2-4-10-7-12-13(17-9-16-12)8-11(10)5-3-6-14(15)18/h7-8H,2-6,9H2,1H3,(H,15,18). The van der Waals surface area contributed by atoms with Gasteiger partial charge in [0.05, 0.1) is 0 Å². The van der Waals surface area contributed by atoms with E-state index in [2.05, 4.69) is 31.7 Å². The summed E-state index contributed by atoms with van der Waals surface area (Å²) < 4.78 is 10.8.